The van der Waals surface area contributed by atoms with E-state index < -0.39 is 23.6 Å². The Morgan fingerprint density at radius 1 is 1.21 bits per heavy atom. The Morgan fingerprint density at radius 3 is 2.42 bits per heavy atom. The third kappa shape index (κ3) is 7.45. The van der Waals surface area contributed by atoms with E-state index in [1.807, 2.05) is 6.07 Å². The van der Waals surface area contributed by atoms with Crippen LogP contribution in [0.3, 0.4) is 0 Å². The Labute approximate surface area is 149 Å². The van der Waals surface area contributed by atoms with Crippen LogP contribution in [0.2, 0.25) is 0 Å². The summed E-state index contributed by atoms with van der Waals surface area (Å²) in [5, 5.41) is 7.53. The van der Waals surface area contributed by atoms with Crippen LogP contribution >= 0.6 is 15.9 Å². The summed E-state index contributed by atoms with van der Waals surface area (Å²) in [6.45, 7) is 6.45. The van der Waals surface area contributed by atoms with E-state index in [9.17, 15) is 14.4 Å². The lowest BCUT2D eigenvalue weighted by atomic mass is 10.2. The molecule has 1 aromatic rings. The van der Waals surface area contributed by atoms with E-state index in [4.69, 9.17) is 4.74 Å². The molecule has 1 rings (SSSR count). The highest BCUT2D eigenvalue weighted by Crippen LogP contribution is 2.21. The number of alkyl carbamates (subject to hydrolysis) is 1. The predicted molar refractivity (Wildman–Crippen MR) is 94.6 cm³/mol. The molecule has 0 radical (unpaired) electrons. The molecular formula is C16H22BrN3O4. The fourth-order valence-electron chi connectivity index (χ4n) is 1.63. The Hall–Kier alpha value is -2.09. The van der Waals surface area contributed by atoms with Gasteiger partial charge in [0.05, 0.1) is 5.69 Å². The zero-order chi connectivity index (χ0) is 18.3. The van der Waals surface area contributed by atoms with E-state index in [0.29, 0.717) is 5.69 Å². The van der Waals surface area contributed by atoms with E-state index in [1.54, 1.807) is 45.9 Å². The fraction of sp³-hybridized carbons (Fsp3) is 0.438. The molecule has 0 aromatic heterocycles. The van der Waals surface area contributed by atoms with Gasteiger partial charge >= 0.3 is 6.09 Å². The summed E-state index contributed by atoms with van der Waals surface area (Å²) >= 11 is 3.33. The summed E-state index contributed by atoms with van der Waals surface area (Å²) < 4.78 is 5.76. The second-order valence-corrected chi connectivity index (χ2v) is 6.97. The molecule has 24 heavy (non-hydrogen) atoms. The molecule has 3 N–H and O–H groups in total. The van der Waals surface area contributed by atoms with Crippen LogP contribution in [0.15, 0.2) is 28.7 Å². The van der Waals surface area contributed by atoms with Crippen LogP contribution in [0.4, 0.5) is 10.5 Å². The van der Waals surface area contributed by atoms with Gasteiger partial charge < -0.3 is 20.7 Å². The number of hydrogen-bond donors (Lipinski definition) is 3. The van der Waals surface area contributed by atoms with Gasteiger partial charge in [0, 0.05) is 4.47 Å². The Balaban J connectivity index is 2.42. The molecule has 0 bridgehead atoms. The summed E-state index contributed by atoms with van der Waals surface area (Å²) in [5.74, 6) is -0.858. The standard InChI is InChI=1S/C16H22BrN3O4/c1-10(14(22)20-12-8-6-5-7-11(12)17)19-13(21)9-18-15(23)24-16(2,3)4/h5-8,10H,9H2,1-4H3,(H,18,23)(H,19,21)(H,20,22). The number of nitrogens with one attached hydrogen (secondary N) is 3. The highest BCUT2D eigenvalue weighted by molar-refractivity contribution is 9.10. The van der Waals surface area contributed by atoms with Crippen LogP contribution in [0.25, 0.3) is 0 Å². The van der Waals surface area contributed by atoms with Crippen LogP contribution in [0, 0.1) is 0 Å². The zero-order valence-corrected chi connectivity index (χ0v) is 15.7. The zero-order valence-electron chi connectivity index (χ0n) is 14.1. The van der Waals surface area contributed by atoms with Gasteiger partial charge in [-0.2, -0.15) is 0 Å². The molecule has 1 atom stereocenters. The van der Waals surface area contributed by atoms with Gasteiger partial charge in [0.1, 0.15) is 18.2 Å². The molecule has 0 aliphatic carbocycles. The fourth-order valence-corrected chi connectivity index (χ4v) is 2.01. The quantitative estimate of drug-likeness (QED) is 0.707. The van der Waals surface area contributed by atoms with Crippen LogP contribution in [0.5, 0.6) is 0 Å². The van der Waals surface area contributed by atoms with Gasteiger partial charge in [-0.1, -0.05) is 12.1 Å². The number of carbonyl (C=O) groups is 3. The van der Waals surface area contributed by atoms with Gasteiger partial charge in [-0.05, 0) is 55.8 Å². The van der Waals surface area contributed by atoms with E-state index in [-0.39, 0.29) is 12.5 Å². The summed E-state index contributed by atoms with van der Waals surface area (Å²) in [6.07, 6.45) is -0.692. The van der Waals surface area contributed by atoms with Gasteiger partial charge in [-0.15, -0.1) is 0 Å². The van der Waals surface area contributed by atoms with Gasteiger partial charge in [0.25, 0.3) is 0 Å². The molecular weight excluding hydrogens is 378 g/mol. The number of carbonyl (C=O) groups excluding carboxylic acids is 3. The molecule has 0 aliphatic heterocycles. The number of hydrogen-bond acceptors (Lipinski definition) is 4. The summed E-state index contributed by atoms with van der Waals surface area (Å²) in [4.78, 5) is 35.3. The van der Waals surface area contributed by atoms with Crippen molar-refractivity contribution < 1.29 is 19.1 Å². The summed E-state index contributed by atoms with van der Waals surface area (Å²) in [6, 6.07) is 6.39. The number of amides is 3. The molecule has 8 heteroatoms. The van der Waals surface area contributed by atoms with Crippen molar-refractivity contribution in [1.29, 1.82) is 0 Å². The van der Waals surface area contributed by atoms with E-state index >= 15 is 0 Å². The van der Waals surface area contributed by atoms with Crippen molar-refractivity contribution in [3.8, 4) is 0 Å². The number of ether oxygens (including phenoxy) is 1. The molecule has 0 heterocycles. The molecule has 132 valence electrons. The number of anilines is 1. The topological polar surface area (TPSA) is 96.5 Å². The first kappa shape index (κ1) is 20.0. The summed E-state index contributed by atoms with van der Waals surface area (Å²) in [5.41, 5.74) is -0.0351. The van der Waals surface area contributed by atoms with Gasteiger partial charge in [-0.3, -0.25) is 9.59 Å². The van der Waals surface area contributed by atoms with Crippen molar-refractivity contribution >= 4 is 39.5 Å². The first-order valence-corrected chi connectivity index (χ1v) is 8.19. The molecule has 7 nitrogen and oxygen atoms in total. The lowest BCUT2D eigenvalue weighted by Gasteiger charge is -2.20. The average molecular weight is 400 g/mol. The third-order valence-electron chi connectivity index (χ3n) is 2.69. The maximum absolute atomic E-state index is 12.1. The third-order valence-corrected chi connectivity index (χ3v) is 3.39. The molecule has 0 aliphatic rings. The molecule has 0 saturated heterocycles. The Morgan fingerprint density at radius 2 is 1.83 bits per heavy atom. The Kier molecular flexibility index (Phi) is 7.21. The molecule has 3 amide bonds. The van der Waals surface area contributed by atoms with Gasteiger partial charge in [0.15, 0.2) is 0 Å². The lowest BCUT2D eigenvalue weighted by Crippen LogP contribution is -2.46. The molecule has 1 aromatic carbocycles. The molecule has 1 unspecified atom stereocenters. The lowest BCUT2D eigenvalue weighted by molar-refractivity contribution is -0.125. The first-order chi connectivity index (χ1) is 11.1. The van der Waals surface area contributed by atoms with Crippen molar-refractivity contribution in [2.75, 3.05) is 11.9 Å². The van der Waals surface area contributed by atoms with E-state index in [1.165, 1.54) is 0 Å². The molecule has 0 saturated carbocycles. The van der Waals surface area contributed by atoms with Crippen LogP contribution in [0.1, 0.15) is 27.7 Å². The van der Waals surface area contributed by atoms with Crippen molar-refractivity contribution in [3.05, 3.63) is 28.7 Å². The summed E-state index contributed by atoms with van der Waals surface area (Å²) in [7, 11) is 0. The van der Waals surface area contributed by atoms with Crippen molar-refractivity contribution in [3.63, 3.8) is 0 Å². The smallest absolute Gasteiger partial charge is 0.408 e. The van der Waals surface area contributed by atoms with Gasteiger partial charge in [-0.25, -0.2) is 4.79 Å². The number of para-hydroxylation sites is 1. The van der Waals surface area contributed by atoms with E-state index in [0.717, 1.165) is 4.47 Å². The maximum atomic E-state index is 12.1. The average Bonchev–Trinajstić information content (AvgIpc) is 2.45. The highest BCUT2D eigenvalue weighted by Gasteiger charge is 2.19. The second kappa shape index (κ2) is 8.68. The predicted octanol–water partition coefficient (Wildman–Crippen LogP) is 2.42. The molecule has 0 spiro atoms. The second-order valence-electron chi connectivity index (χ2n) is 6.11. The number of benzene rings is 1. The van der Waals surface area contributed by atoms with Crippen molar-refractivity contribution in [2.24, 2.45) is 0 Å². The van der Waals surface area contributed by atoms with Gasteiger partial charge in [0.2, 0.25) is 11.8 Å². The number of rotatable bonds is 5. The van der Waals surface area contributed by atoms with Crippen LogP contribution in [-0.2, 0) is 14.3 Å². The SMILES string of the molecule is CC(NC(=O)CNC(=O)OC(C)(C)C)C(=O)Nc1ccccc1Br. The molecule has 0 fully saturated rings. The minimum atomic E-state index is -0.759. The maximum Gasteiger partial charge on any atom is 0.408 e. The van der Waals surface area contributed by atoms with Crippen LogP contribution in [-0.4, -0.2) is 36.1 Å². The Bertz CT molecular complexity index is 614. The normalized spacial score (nSPS) is 12.0. The number of halogens is 1. The van der Waals surface area contributed by atoms with E-state index in [2.05, 4.69) is 31.9 Å². The monoisotopic (exact) mass is 399 g/mol. The van der Waals surface area contributed by atoms with Crippen molar-refractivity contribution in [1.82, 2.24) is 10.6 Å². The first-order valence-electron chi connectivity index (χ1n) is 7.40. The van der Waals surface area contributed by atoms with Crippen molar-refractivity contribution in [2.45, 2.75) is 39.3 Å². The van der Waals surface area contributed by atoms with Crippen LogP contribution < -0.4 is 16.0 Å². The minimum Gasteiger partial charge on any atom is -0.444 e. The highest BCUT2D eigenvalue weighted by atomic mass is 79.9. The largest absolute Gasteiger partial charge is 0.444 e. The minimum absolute atomic E-state index is 0.276.